The molecule has 0 aromatic heterocycles. The third-order valence-corrected chi connectivity index (χ3v) is 2.66. The molecule has 1 aliphatic rings. The average Bonchev–Trinajstić information content (AvgIpc) is 2.50. The van der Waals surface area contributed by atoms with Gasteiger partial charge in [-0.2, -0.15) is 0 Å². The maximum atomic E-state index is 11.4. The van der Waals surface area contributed by atoms with Crippen LogP contribution in [0.15, 0.2) is 30.3 Å². The van der Waals surface area contributed by atoms with Gasteiger partial charge in [-0.15, -0.1) is 0 Å². The molecule has 0 radical (unpaired) electrons. The van der Waals surface area contributed by atoms with Crippen molar-refractivity contribution in [3.63, 3.8) is 0 Å². The molecule has 1 aromatic carbocycles. The number of rotatable bonds is 1. The molecule has 68 valence electrons. The second-order valence-corrected chi connectivity index (χ2v) is 3.50. The highest BCUT2D eigenvalue weighted by molar-refractivity contribution is 5.90. The van der Waals surface area contributed by atoms with Crippen molar-refractivity contribution in [1.82, 2.24) is 0 Å². The van der Waals surface area contributed by atoms with Crippen molar-refractivity contribution < 1.29 is 9.90 Å². The number of ketones is 1. The Morgan fingerprint density at radius 3 is 2.46 bits per heavy atom. The van der Waals surface area contributed by atoms with E-state index in [0.29, 0.717) is 12.8 Å². The zero-order valence-electron chi connectivity index (χ0n) is 7.36. The Morgan fingerprint density at radius 1 is 1.23 bits per heavy atom. The fraction of sp³-hybridized carbons (Fsp3) is 0.364. The maximum Gasteiger partial charge on any atom is 0.168 e. The van der Waals surface area contributed by atoms with Crippen LogP contribution in [0.25, 0.3) is 0 Å². The first kappa shape index (κ1) is 8.45. The molecule has 2 heteroatoms. The van der Waals surface area contributed by atoms with E-state index in [9.17, 15) is 9.90 Å². The summed E-state index contributed by atoms with van der Waals surface area (Å²) in [6, 6.07) is 9.19. The van der Waals surface area contributed by atoms with Crippen molar-refractivity contribution >= 4 is 5.78 Å². The van der Waals surface area contributed by atoms with Crippen LogP contribution in [0.2, 0.25) is 0 Å². The van der Waals surface area contributed by atoms with Crippen molar-refractivity contribution in [2.24, 2.45) is 0 Å². The second kappa shape index (κ2) is 2.96. The largest absolute Gasteiger partial charge is 0.377 e. The van der Waals surface area contributed by atoms with E-state index in [1.54, 1.807) is 0 Å². The molecule has 0 heterocycles. The van der Waals surface area contributed by atoms with Crippen molar-refractivity contribution in [3.8, 4) is 0 Å². The molecular formula is C11H12O2. The molecule has 0 aliphatic heterocycles. The molecule has 1 N–H and O–H groups in total. The fourth-order valence-corrected chi connectivity index (χ4v) is 1.87. The number of hydrogen-bond acceptors (Lipinski definition) is 2. The Hall–Kier alpha value is -1.15. The van der Waals surface area contributed by atoms with Crippen LogP contribution in [0.4, 0.5) is 0 Å². The smallest absolute Gasteiger partial charge is 0.168 e. The van der Waals surface area contributed by atoms with E-state index < -0.39 is 5.60 Å². The van der Waals surface area contributed by atoms with E-state index in [1.807, 2.05) is 30.3 Å². The maximum absolute atomic E-state index is 11.4. The minimum atomic E-state index is -1.19. The quantitative estimate of drug-likeness (QED) is 0.706. The van der Waals surface area contributed by atoms with Crippen molar-refractivity contribution in [2.75, 3.05) is 0 Å². The number of carbonyl (C=O) groups excluding carboxylic acids is 1. The Bertz CT molecular complexity index is 318. The van der Waals surface area contributed by atoms with Gasteiger partial charge in [-0.25, -0.2) is 0 Å². The minimum absolute atomic E-state index is 0.0429. The first-order chi connectivity index (χ1) is 6.23. The minimum Gasteiger partial charge on any atom is -0.377 e. The summed E-state index contributed by atoms with van der Waals surface area (Å²) in [6.45, 7) is 0. The number of aliphatic hydroxyl groups is 1. The first-order valence-electron chi connectivity index (χ1n) is 4.55. The monoisotopic (exact) mass is 176 g/mol. The van der Waals surface area contributed by atoms with Crippen molar-refractivity contribution in [1.29, 1.82) is 0 Å². The molecule has 2 nitrogen and oxygen atoms in total. The lowest BCUT2D eigenvalue weighted by Crippen LogP contribution is -2.29. The van der Waals surface area contributed by atoms with E-state index >= 15 is 0 Å². The summed E-state index contributed by atoms with van der Waals surface area (Å²) in [6.07, 6.45) is 1.87. The highest BCUT2D eigenvalue weighted by Gasteiger charge is 2.41. The lowest BCUT2D eigenvalue weighted by molar-refractivity contribution is -0.134. The van der Waals surface area contributed by atoms with E-state index in [-0.39, 0.29) is 5.78 Å². The number of carbonyl (C=O) groups is 1. The van der Waals surface area contributed by atoms with Crippen LogP contribution in [0, 0.1) is 0 Å². The Kier molecular flexibility index (Phi) is 1.93. The zero-order valence-corrected chi connectivity index (χ0v) is 7.36. The van der Waals surface area contributed by atoms with E-state index in [4.69, 9.17) is 0 Å². The van der Waals surface area contributed by atoms with Crippen molar-refractivity contribution in [3.05, 3.63) is 35.9 Å². The van der Waals surface area contributed by atoms with Crippen LogP contribution in [0.3, 0.4) is 0 Å². The molecule has 13 heavy (non-hydrogen) atoms. The van der Waals surface area contributed by atoms with Crippen LogP contribution >= 0.6 is 0 Å². The molecule has 0 unspecified atom stereocenters. The number of Topliss-reactive ketones (excluding diaryl/α,β-unsaturated/α-hetero) is 1. The summed E-state index contributed by atoms with van der Waals surface area (Å²) in [5.41, 5.74) is -0.459. The summed E-state index contributed by atoms with van der Waals surface area (Å²) in [7, 11) is 0. The second-order valence-electron chi connectivity index (χ2n) is 3.50. The van der Waals surface area contributed by atoms with Gasteiger partial charge < -0.3 is 5.11 Å². The fourth-order valence-electron chi connectivity index (χ4n) is 1.87. The van der Waals surface area contributed by atoms with Crippen molar-refractivity contribution in [2.45, 2.75) is 24.9 Å². The van der Waals surface area contributed by atoms with Gasteiger partial charge in [0.15, 0.2) is 5.78 Å². The van der Waals surface area contributed by atoms with Gasteiger partial charge in [0.1, 0.15) is 5.60 Å². The third-order valence-electron chi connectivity index (χ3n) is 2.66. The van der Waals surface area contributed by atoms with Crippen LogP contribution in [-0.2, 0) is 10.4 Å². The molecule has 1 atom stereocenters. The molecule has 1 saturated carbocycles. The number of benzene rings is 1. The summed E-state index contributed by atoms with van der Waals surface area (Å²) >= 11 is 0. The SMILES string of the molecule is O=C1CCC[C@]1(O)c1ccccc1. The summed E-state index contributed by atoms with van der Waals surface area (Å²) in [4.78, 5) is 11.4. The molecule has 0 spiro atoms. The molecule has 2 rings (SSSR count). The molecule has 0 bridgehead atoms. The normalized spacial score (nSPS) is 27.9. The van der Waals surface area contributed by atoms with Gasteiger partial charge in [-0.05, 0) is 18.4 Å². The zero-order chi connectivity index (χ0) is 9.31. The predicted molar refractivity (Wildman–Crippen MR) is 49.2 cm³/mol. The topological polar surface area (TPSA) is 37.3 Å². The molecule has 0 amide bonds. The van der Waals surface area contributed by atoms with Gasteiger partial charge >= 0.3 is 0 Å². The standard InChI is InChI=1S/C11H12O2/c12-10-7-4-8-11(10,13)9-5-2-1-3-6-9/h1-3,5-6,13H,4,7-8H2/t11-/m0/s1. The Labute approximate surface area is 77.2 Å². The molecule has 1 aromatic rings. The lowest BCUT2D eigenvalue weighted by Gasteiger charge is -2.20. The van der Waals surface area contributed by atoms with Crippen LogP contribution in [0.5, 0.6) is 0 Å². The Balaban J connectivity index is 2.40. The first-order valence-corrected chi connectivity index (χ1v) is 4.55. The van der Waals surface area contributed by atoms with Gasteiger partial charge in [0, 0.05) is 6.42 Å². The Morgan fingerprint density at radius 2 is 1.92 bits per heavy atom. The van der Waals surface area contributed by atoms with Gasteiger partial charge in [0.05, 0.1) is 0 Å². The summed E-state index contributed by atoms with van der Waals surface area (Å²) in [5.74, 6) is -0.0429. The van der Waals surface area contributed by atoms with E-state index in [1.165, 1.54) is 0 Å². The lowest BCUT2D eigenvalue weighted by atomic mass is 9.91. The third kappa shape index (κ3) is 1.27. The molecular weight excluding hydrogens is 164 g/mol. The molecule has 1 aliphatic carbocycles. The average molecular weight is 176 g/mol. The predicted octanol–water partition coefficient (Wildman–Crippen LogP) is 1.63. The van der Waals surface area contributed by atoms with Crippen LogP contribution in [-0.4, -0.2) is 10.9 Å². The van der Waals surface area contributed by atoms with E-state index in [2.05, 4.69) is 0 Å². The highest BCUT2D eigenvalue weighted by Crippen LogP contribution is 2.35. The van der Waals surface area contributed by atoms with Crippen LogP contribution in [0.1, 0.15) is 24.8 Å². The van der Waals surface area contributed by atoms with E-state index in [0.717, 1.165) is 12.0 Å². The van der Waals surface area contributed by atoms with Crippen LogP contribution < -0.4 is 0 Å². The number of hydrogen-bond donors (Lipinski definition) is 1. The van der Waals surface area contributed by atoms with Gasteiger partial charge in [-0.1, -0.05) is 30.3 Å². The highest BCUT2D eigenvalue weighted by atomic mass is 16.3. The summed E-state index contributed by atoms with van der Waals surface area (Å²) < 4.78 is 0. The molecule has 0 saturated heterocycles. The van der Waals surface area contributed by atoms with Gasteiger partial charge in [0.2, 0.25) is 0 Å². The summed E-state index contributed by atoms with van der Waals surface area (Å²) in [5, 5.41) is 10.1. The van der Waals surface area contributed by atoms with Gasteiger partial charge in [0.25, 0.3) is 0 Å². The van der Waals surface area contributed by atoms with Gasteiger partial charge in [-0.3, -0.25) is 4.79 Å². The molecule has 1 fully saturated rings.